The van der Waals surface area contributed by atoms with Gasteiger partial charge in [-0.3, -0.25) is 4.55 Å². The molecule has 3 N–H and O–H groups in total. The third-order valence-corrected chi connectivity index (χ3v) is 2.63. The first-order valence-electron chi connectivity index (χ1n) is 3.81. The zero-order valence-corrected chi connectivity index (χ0v) is 11.4. The molecule has 1 aromatic carbocycles. The fourth-order valence-electron chi connectivity index (χ4n) is 1.05. The van der Waals surface area contributed by atoms with Crippen LogP contribution in [-0.4, -0.2) is 35.1 Å². The summed E-state index contributed by atoms with van der Waals surface area (Å²) >= 11 is 0. The molecule has 7 nitrogen and oxygen atoms in total. The summed E-state index contributed by atoms with van der Waals surface area (Å²) in [5, 5.41) is 17.2. The quantitative estimate of drug-likeness (QED) is 0.403. The number of rotatable bonds is 3. The summed E-state index contributed by atoms with van der Waals surface area (Å²) in [6.07, 6.45) is 0. The first-order chi connectivity index (χ1) is 7.23. The van der Waals surface area contributed by atoms with E-state index in [1.807, 2.05) is 0 Å². The van der Waals surface area contributed by atoms with Gasteiger partial charge in [0.1, 0.15) is 4.90 Å². The van der Waals surface area contributed by atoms with Crippen LogP contribution in [0.4, 0.5) is 0 Å². The normalized spacial score (nSPS) is 10.4. The second-order valence-electron chi connectivity index (χ2n) is 2.80. The smallest absolute Gasteiger partial charge is 0.478 e. The van der Waals surface area contributed by atoms with Crippen LogP contribution in [0, 0.1) is 0 Å². The molecule has 86 valence electrons. The van der Waals surface area contributed by atoms with Gasteiger partial charge in [0.25, 0.3) is 10.1 Å². The van der Waals surface area contributed by atoms with E-state index in [-0.39, 0.29) is 29.6 Å². The van der Waals surface area contributed by atoms with Crippen molar-refractivity contribution in [1.29, 1.82) is 0 Å². The predicted octanol–water partition coefficient (Wildman–Crippen LogP) is -2.67. The molecular formula is C8H6NaO7S+. The molecule has 0 aliphatic rings. The van der Waals surface area contributed by atoms with Crippen molar-refractivity contribution >= 4 is 22.1 Å². The standard InChI is InChI=1S/C8H6O7S.Na/c9-7(10)4-1-2-5(8(11)12)6(3-4)16(13,14)15;/h1-3H,(H,9,10)(H,11,12)(H,13,14,15);/q;+1. The number of hydrogen-bond donors (Lipinski definition) is 3. The van der Waals surface area contributed by atoms with Crippen molar-refractivity contribution in [3.63, 3.8) is 0 Å². The zero-order chi connectivity index (χ0) is 12.5. The average Bonchev–Trinajstić information content (AvgIpc) is 2.15. The summed E-state index contributed by atoms with van der Waals surface area (Å²) in [6.45, 7) is 0. The SMILES string of the molecule is O=C(O)c1ccc(C(=O)O)c(S(=O)(=O)O)c1.[Na+]. The number of carboxylic acid groups (broad SMARTS) is 2. The van der Waals surface area contributed by atoms with E-state index in [1.54, 1.807) is 0 Å². The average molecular weight is 269 g/mol. The molecule has 0 amide bonds. The van der Waals surface area contributed by atoms with Crippen molar-refractivity contribution in [2.75, 3.05) is 0 Å². The van der Waals surface area contributed by atoms with Crippen molar-refractivity contribution in [3.05, 3.63) is 29.3 Å². The van der Waals surface area contributed by atoms with Gasteiger partial charge in [-0.15, -0.1) is 0 Å². The van der Waals surface area contributed by atoms with Crippen LogP contribution in [0.25, 0.3) is 0 Å². The topological polar surface area (TPSA) is 129 Å². The summed E-state index contributed by atoms with van der Waals surface area (Å²) in [5.74, 6) is -3.01. The van der Waals surface area contributed by atoms with E-state index in [2.05, 4.69) is 0 Å². The summed E-state index contributed by atoms with van der Waals surface area (Å²) in [7, 11) is -4.78. The van der Waals surface area contributed by atoms with Crippen LogP contribution in [-0.2, 0) is 10.1 Å². The third-order valence-electron chi connectivity index (χ3n) is 1.74. The minimum atomic E-state index is -4.78. The molecule has 0 atom stereocenters. The molecule has 0 spiro atoms. The van der Waals surface area contributed by atoms with Gasteiger partial charge in [-0.25, -0.2) is 9.59 Å². The number of hydrogen-bond acceptors (Lipinski definition) is 4. The van der Waals surface area contributed by atoms with Crippen LogP contribution in [0.5, 0.6) is 0 Å². The molecule has 0 fully saturated rings. The molecule has 0 aliphatic carbocycles. The number of benzene rings is 1. The first-order valence-corrected chi connectivity index (χ1v) is 5.25. The Kier molecular flexibility index (Phi) is 5.30. The Morgan fingerprint density at radius 3 is 1.94 bits per heavy atom. The van der Waals surface area contributed by atoms with Crippen LogP contribution < -0.4 is 29.6 Å². The largest absolute Gasteiger partial charge is 1.00 e. The van der Waals surface area contributed by atoms with Crippen molar-refractivity contribution in [3.8, 4) is 0 Å². The summed E-state index contributed by atoms with van der Waals surface area (Å²) < 4.78 is 30.4. The second kappa shape index (κ2) is 5.61. The first kappa shape index (κ1) is 16.1. The Hall–Kier alpha value is -0.930. The van der Waals surface area contributed by atoms with E-state index in [0.29, 0.717) is 6.07 Å². The fraction of sp³-hybridized carbons (Fsp3) is 0. The molecule has 0 radical (unpaired) electrons. The van der Waals surface area contributed by atoms with E-state index >= 15 is 0 Å². The predicted molar refractivity (Wildman–Crippen MR) is 50.2 cm³/mol. The molecule has 0 heterocycles. The molecule has 0 saturated heterocycles. The van der Waals surface area contributed by atoms with Gasteiger partial charge >= 0.3 is 41.5 Å². The molecule has 0 aliphatic heterocycles. The molecule has 0 aromatic heterocycles. The van der Waals surface area contributed by atoms with Crippen LogP contribution in [0.1, 0.15) is 20.7 Å². The summed E-state index contributed by atoms with van der Waals surface area (Å²) in [5.41, 5.74) is -1.12. The minimum absolute atomic E-state index is 0. The van der Waals surface area contributed by atoms with Gasteiger partial charge in [-0.05, 0) is 18.2 Å². The van der Waals surface area contributed by atoms with E-state index < -0.39 is 38.1 Å². The van der Waals surface area contributed by atoms with Crippen LogP contribution in [0.2, 0.25) is 0 Å². The van der Waals surface area contributed by atoms with Crippen molar-refractivity contribution in [2.24, 2.45) is 0 Å². The second-order valence-corrected chi connectivity index (χ2v) is 4.19. The van der Waals surface area contributed by atoms with Gasteiger partial charge in [0.05, 0.1) is 11.1 Å². The van der Waals surface area contributed by atoms with Gasteiger partial charge in [0.15, 0.2) is 0 Å². The molecule has 1 rings (SSSR count). The van der Waals surface area contributed by atoms with E-state index in [0.717, 1.165) is 12.1 Å². The Labute approximate surface area is 118 Å². The molecule has 9 heteroatoms. The maximum absolute atomic E-state index is 10.8. The maximum Gasteiger partial charge on any atom is 1.00 e. The maximum atomic E-state index is 10.8. The molecule has 17 heavy (non-hydrogen) atoms. The van der Waals surface area contributed by atoms with Crippen LogP contribution in [0.15, 0.2) is 23.1 Å². The molecule has 0 unspecified atom stereocenters. The Morgan fingerprint density at radius 2 is 1.59 bits per heavy atom. The van der Waals surface area contributed by atoms with E-state index in [4.69, 9.17) is 14.8 Å². The van der Waals surface area contributed by atoms with Gasteiger partial charge < -0.3 is 10.2 Å². The van der Waals surface area contributed by atoms with E-state index in [9.17, 15) is 18.0 Å². The third kappa shape index (κ3) is 3.79. The Bertz CT molecular complexity index is 563. The van der Waals surface area contributed by atoms with E-state index in [1.165, 1.54) is 0 Å². The number of carboxylic acids is 2. The van der Waals surface area contributed by atoms with Crippen LogP contribution >= 0.6 is 0 Å². The zero-order valence-electron chi connectivity index (χ0n) is 8.61. The molecule has 0 bridgehead atoms. The van der Waals surface area contributed by atoms with Crippen molar-refractivity contribution in [1.82, 2.24) is 0 Å². The monoisotopic (exact) mass is 269 g/mol. The van der Waals surface area contributed by atoms with Crippen molar-refractivity contribution in [2.45, 2.75) is 4.90 Å². The summed E-state index contributed by atoms with van der Waals surface area (Å²) in [4.78, 5) is 20.2. The number of carbonyl (C=O) groups is 2. The van der Waals surface area contributed by atoms with Gasteiger partial charge in [-0.2, -0.15) is 8.42 Å². The van der Waals surface area contributed by atoms with Crippen LogP contribution in [0.3, 0.4) is 0 Å². The van der Waals surface area contributed by atoms with Gasteiger partial charge in [0, 0.05) is 0 Å². The minimum Gasteiger partial charge on any atom is -0.478 e. The molecular weight excluding hydrogens is 263 g/mol. The fourth-order valence-corrected chi connectivity index (χ4v) is 1.75. The summed E-state index contributed by atoms with van der Waals surface area (Å²) in [6, 6.07) is 2.32. The Morgan fingerprint density at radius 1 is 1.06 bits per heavy atom. The van der Waals surface area contributed by atoms with Gasteiger partial charge in [-0.1, -0.05) is 0 Å². The Balaban J connectivity index is 0.00000256. The number of aromatic carboxylic acids is 2. The van der Waals surface area contributed by atoms with Gasteiger partial charge in [0.2, 0.25) is 0 Å². The molecule has 1 aromatic rings. The van der Waals surface area contributed by atoms with Crippen molar-refractivity contribution < 1.29 is 62.3 Å². The molecule has 0 saturated carbocycles.